The van der Waals surface area contributed by atoms with Crippen LogP contribution in [0.25, 0.3) is 0 Å². The van der Waals surface area contributed by atoms with Gasteiger partial charge in [-0.05, 0) is 19.1 Å². The molecule has 0 aliphatic rings. The molecule has 0 aromatic heterocycles. The lowest BCUT2D eigenvalue weighted by Gasteiger charge is -2.10. The summed E-state index contributed by atoms with van der Waals surface area (Å²) in [6, 6.07) is 2.63. The van der Waals surface area contributed by atoms with Crippen molar-refractivity contribution in [2.24, 2.45) is 5.73 Å². The van der Waals surface area contributed by atoms with Crippen LogP contribution >= 0.6 is 27.5 Å². The molecule has 1 aromatic carbocycles. The standard InChI is InChI=1S/C8H8BrClFN/c1-4(12)7-5(9)2-3-6(11)8(7)10/h2-4H,12H2,1H3. The van der Waals surface area contributed by atoms with Gasteiger partial charge < -0.3 is 5.73 Å². The minimum Gasteiger partial charge on any atom is -0.324 e. The molecule has 1 rings (SSSR count). The number of benzene rings is 1. The summed E-state index contributed by atoms with van der Waals surface area (Å²) in [4.78, 5) is 0. The Morgan fingerprint density at radius 3 is 2.58 bits per heavy atom. The van der Waals surface area contributed by atoms with E-state index in [0.717, 1.165) is 4.47 Å². The molecular weight excluding hydrogens is 244 g/mol. The third-order valence-corrected chi connectivity index (χ3v) is 2.61. The maximum Gasteiger partial charge on any atom is 0.142 e. The molecule has 0 heterocycles. The Labute approximate surface area is 83.8 Å². The van der Waals surface area contributed by atoms with Crippen molar-refractivity contribution in [2.75, 3.05) is 0 Å². The molecule has 12 heavy (non-hydrogen) atoms. The zero-order valence-electron chi connectivity index (χ0n) is 6.44. The lowest BCUT2D eigenvalue weighted by Crippen LogP contribution is -2.07. The average Bonchev–Trinajstić information content (AvgIpc) is 1.97. The van der Waals surface area contributed by atoms with Gasteiger partial charge in [0.1, 0.15) is 5.82 Å². The highest BCUT2D eigenvalue weighted by Gasteiger charge is 2.13. The highest BCUT2D eigenvalue weighted by Crippen LogP contribution is 2.31. The summed E-state index contributed by atoms with van der Waals surface area (Å²) in [5.74, 6) is -0.438. The normalized spacial score (nSPS) is 13.1. The van der Waals surface area contributed by atoms with Gasteiger partial charge in [0.05, 0.1) is 5.02 Å². The van der Waals surface area contributed by atoms with Crippen LogP contribution in [0.2, 0.25) is 5.02 Å². The molecule has 0 spiro atoms. The van der Waals surface area contributed by atoms with Gasteiger partial charge >= 0.3 is 0 Å². The maximum atomic E-state index is 12.9. The molecular formula is C8H8BrClFN. The van der Waals surface area contributed by atoms with Crippen LogP contribution in [0, 0.1) is 5.82 Å². The average molecular weight is 253 g/mol. The molecule has 66 valence electrons. The molecule has 0 aliphatic heterocycles. The summed E-state index contributed by atoms with van der Waals surface area (Å²) in [5.41, 5.74) is 6.21. The van der Waals surface area contributed by atoms with Crippen molar-refractivity contribution in [1.82, 2.24) is 0 Å². The predicted molar refractivity (Wildman–Crippen MR) is 51.7 cm³/mol. The molecule has 0 saturated heterocycles. The third-order valence-electron chi connectivity index (χ3n) is 1.53. The molecule has 0 amide bonds. The van der Waals surface area contributed by atoms with Crippen LogP contribution in [0.3, 0.4) is 0 Å². The second-order valence-corrected chi connectivity index (χ2v) is 3.78. The molecule has 0 fully saturated rings. The smallest absolute Gasteiger partial charge is 0.142 e. The van der Waals surface area contributed by atoms with E-state index in [1.165, 1.54) is 6.07 Å². The van der Waals surface area contributed by atoms with Crippen molar-refractivity contribution in [3.63, 3.8) is 0 Å². The minimum atomic E-state index is -0.438. The Balaban J connectivity index is 3.33. The van der Waals surface area contributed by atoms with E-state index in [-0.39, 0.29) is 11.1 Å². The molecule has 1 unspecified atom stereocenters. The zero-order chi connectivity index (χ0) is 9.30. The van der Waals surface area contributed by atoms with Crippen molar-refractivity contribution >= 4 is 27.5 Å². The minimum absolute atomic E-state index is 0.0966. The number of halogens is 3. The monoisotopic (exact) mass is 251 g/mol. The van der Waals surface area contributed by atoms with Gasteiger partial charge in [0.25, 0.3) is 0 Å². The lowest BCUT2D eigenvalue weighted by atomic mass is 10.1. The molecule has 0 saturated carbocycles. The van der Waals surface area contributed by atoms with E-state index >= 15 is 0 Å². The largest absolute Gasteiger partial charge is 0.324 e. The first-order valence-corrected chi connectivity index (χ1v) is 4.60. The number of rotatable bonds is 1. The van der Waals surface area contributed by atoms with E-state index in [2.05, 4.69) is 15.9 Å². The summed E-state index contributed by atoms with van der Waals surface area (Å²) < 4.78 is 13.7. The summed E-state index contributed by atoms with van der Waals surface area (Å²) in [6.07, 6.45) is 0. The van der Waals surface area contributed by atoms with Crippen molar-refractivity contribution in [1.29, 1.82) is 0 Å². The molecule has 1 nitrogen and oxygen atoms in total. The van der Waals surface area contributed by atoms with Crippen molar-refractivity contribution < 1.29 is 4.39 Å². The van der Waals surface area contributed by atoms with Crippen LogP contribution in [0.4, 0.5) is 4.39 Å². The second kappa shape index (κ2) is 3.73. The van der Waals surface area contributed by atoms with E-state index in [0.29, 0.717) is 5.56 Å². The van der Waals surface area contributed by atoms with Crippen LogP contribution in [0.15, 0.2) is 16.6 Å². The van der Waals surface area contributed by atoms with Crippen molar-refractivity contribution in [3.8, 4) is 0 Å². The quantitative estimate of drug-likeness (QED) is 0.763. The van der Waals surface area contributed by atoms with E-state index in [4.69, 9.17) is 17.3 Å². The topological polar surface area (TPSA) is 26.0 Å². The van der Waals surface area contributed by atoms with Gasteiger partial charge in [-0.3, -0.25) is 0 Å². The molecule has 0 bridgehead atoms. The number of nitrogens with two attached hydrogens (primary N) is 1. The Morgan fingerprint density at radius 1 is 1.58 bits per heavy atom. The first kappa shape index (κ1) is 9.96. The summed E-state index contributed by atoms with van der Waals surface area (Å²) in [7, 11) is 0. The molecule has 0 radical (unpaired) electrons. The predicted octanol–water partition coefficient (Wildman–Crippen LogP) is 3.26. The van der Waals surface area contributed by atoms with Crippen molar-refractivity contribution in [3.05, 3.63) is 33.0 Å². The third kappa shape index (κ3) is 1.79. The maximum absolute atomic E-state index is 12.9. The second-order valence-electron chi connectivity index (χ2n) is 2.55. The van der Waals surface area contributed by atoms with Gasteiger partial charge in [0.15, 0.2) is 0 Å². The summed E-state index contributed by atoms with van der Waals surface area (Å²) in [6.45, 7) is 1.76. The highest BCUT2D eigenvalue weighted by atomic mass is 79.9. The van der Waals surface area contributed by atoms with Gasteiger partial charge in [-0.1, -0.05) is 27.5 Å². The van der Waals surface area contributed by atoms with Gasteiger partial charge in [-0.15, -0.1) is 0 Å². The molecule has 4 heteroatoms. The first-order valence-electron chi connectivity index (χ1n) is 3.43. The van der Waals surface area contributed by atoms with E-state index in [1.807, 2.05) is 0 Å². The van der Waals surface area contributed by atoms with E-state index in [9.17, 15) is 4.39 Å². The molecule has 1 aromatic rings. The fourth-order valence-electron chi connectivity index (χ4n) is 0.960. The first-order chi connectivity index (χ1) is 5.54. The van der Waals surface area contributed by atoms with Crippen LogP contribution in [-0.2, 0) is 0 Å². The SMILES string of the molecule is CC(N)c1c(Br)ccc(F)c1Cl. The molecule has 1 atom stereocenters. The van der Waals surface area contributed by atoms with E-state index in [1.54, 1.807) is 13.0 Å². The summed E-state index contributed by atoms with van der Waals surface area (Å²) in [5, 5.41) is 0.0966. The van der Waals surface area contributed by atoms with Crippen LogP contribution < -0.4 is 5.73 Å². The van der Waals surface area contributed by atoms with Gasteiger partial charge in [-0.2, -0.15) is 0 Å². The molecule has 2 N–H and O–H groups in total. The van der Waals surface area contributed by atoms with Crippen molar-refractivity contribution in [2.45, 2.75) is 13.0 Å². The number of hydrogen-bond donors (Lipinski definition) is 1. The number of hydrogen-bond acceptors (Lipinski definition) is 1. The Morgan fingerprint density at radius 2 is 2.17 bits per heavy atom. The van der Waals surface area contributed by atoms with Crippen LogP contribution in [0.1, 0.15) is 18.5 Å². The fraction of sp³-hybridized carbons (Fsp3) is 0.250. The Kier molecular flexibility index (Phi) is 3.09. The lowest BCUT2D eigenvalue weighted by molar-refractivity contribution is 0.622. The van der Waals surface area contributed by atoms with Crippen LogP contribution in [-0.4, -0.2) is 0 Å². The zero-order valence-corrected chi connectivity index (χ0v) is 8.79. The highest BCUT2D eigenvalue weighted by molar-refractivity contribution is 9.10. The molecule has 0 aliphatic carbocycles. The fourth-order valence-corrected chi connectivity index (χ4v) is 2.10. The van der Waals surface area contributed by atoms with Gasteiger partial charge in [0.2, 0.25) is 0 Å². The van der Waals surface area contributed by atoms with E-state index < -0.39 is 5.82 Å². The Bertz CT molecular complexity index is 301. The summed E-state index contributed by atoms with van der Waals surface area (Å²) >= 11 is 8.96. The van der Waals surface area contributed by atoms with Crippen LogP contribution in [0.5, 0.6) is 0 Å². The Hall–Kier alpha value is -0.120. The van der Waals surface area contributed by atoms with Gasteiger partial charge in [0, 0.05) is 16.1 Å². The van der Waals surface area contributed by atoms with Gasteiger partial charge in [-0.25, -0.2) is 4.39 Å².